The van der Waals surface area contributed by atoms with Gasteiger partial charge in [0.1, 0.15) is 6.29 Å². The number of nitrogens with one attached hydrogen (secondary N) is 1. The van der Waals surface area contributed by atoms with Gasteiger partial charge in [-0.25, -0.2) is 0 Å². The minimum Gasteiger partial charge on any atom is -0.317 e. The highest BCUT2D eigenvalue weighted by Crippen LogP contribution is 2.39. The highest BCUT2D eigenvalue weighted by molar-refractivity contribution is 5.68. The zero-order valence-electron chi connectivity index (χ0n) is 23.1. The lowest BCUT2D eigenvalue weighted by Gasteiger charge is -2.29. The van der Waals surface area contributed by atoms with E-state index in [1.165, 1.54) is 105 Å². The first-order valence-electron chi connectivity index (χ1n) is 14.5. The molecule has 0 heterocycles. The van der Waals surface area contributed by atoms with Gasteiger partial charge in [-0.15, -0.1) is 0 Å². The maximum atomic E-state index is 9.06. The van der Waals surface area contributed by atoms with Gasteiger partial charge >= 0.3 is 0 Å². The summed E-state index contributed by atoms with van der Waals surface area (Å²) < 4.78 is 0. The molecule has 2 aromatic rings. The quantitative estimate of drug-likeness (QED) is 0.217. The number of rotatable bonds is 9. The topological polar surface area (TPSA) is 29.1 Å². The first-order chi connectivity index (χ1) is 17.6. The van der Waals surface area contributed by atoms with Crippen LogP contribution in [-0.2, 0) is 4.79 Å². The van der Waals surface area contributed by atoms with E-state index in [2.05, 4.69) is 75.3 Å². The van der Waals surface area contributed by atoms with Crippen molar-refractivity contribution >= 4 is 6.29 Å². The highest BCUT2D eigenvalue weighted by Gasteiger charge is 2.23. The zero-order chi connectivity index (χ0) is 25.8. The standard InChI is InChI=1S/C31H45N.C3H4O/c1-4-5-6-7-24-8-10-27(11-9-24)29-18-21-31(23(2)22-29)28-14-12-25(13-15-28)26-16-19-30(32-3)20-17-26;1-2-3-4/h12-15,18,21-22,24,26-27,30,32H,4-11,16-17,19-20H2,1-3H3;2-3H,1H2. The molecule has 0 saturated heterocycles. The molecule has 0 bridgehead atoms. The molecule has 0 atom stereocenters. The molecule has 2 aliphatic carbocycles. The molecular weight excluding hydrogens is 438 g/mol. The molecule has 2 fully saturated rings. The van der Waals surface area contributed by atoms with Crippen LogP contribution in [0.3, 0.4) is 0 Å². The number of carbonyl (C=O) groups is 1. The van der Waals surface area contributed by atoms with Crippen molar-refractivity contribution in [1.82, 2.24) is 5.32 Å². The van der Waals surface area contributed by atoms with Crippen LogP contribution in [0, 0.1) is 12.8 Å². The van der Waals surface area contributed by atoms with Crippen molar-refractivity contribution in [3.05, 3.63) is 71.8 Å². The summed E-state index contributed by atoms with van der Waals surface area (Å²) in [6.45, 7) is 7.73. The van der Waals surface area contributed by atoms with E-state index in [-0.39, 0.29) is 0 Å². The summed E-state index contributed by atoms with van der Waals surface area (Å²) in [4.78, 5) is 9.06. The first-order valence-corrected chi connectivity index (χ1v) is 14.5. The normalized spacial score (nSPS) is 23.9. The average Bonchev–Trinajstić information content (AvgIpc) is 2.94. The molecule has 0 aliphatic heterocycles. The second-order valence-electron chi connectivity index (χ2n) is 11.1. The van der Waals surface area contributed by atoms with Gasteiger partial charge in [0, 0.05) is 6.04 Å². The van der Waals surface area contributed by atoms with Crippen molar-refractivity contribution in [3.8, 4) is 11.1 Å². The molecule has 36 heavy (non-hydrogen) atoms. The molecule has 196 valence electrons. The fraction of sp³-hybridized carbons (Fsp3) is 0.559. The summed E-state index contributed by atoms with van der Waals surface area (Å²) in [5.74, 6) is 2.51. The Morgan fingerprint density at radius 2 is 1.44 bits per heavy atom. The van der Waals surface area contributed by atoms with Crippen LogP contribution in [-0.4, -0.2) is 19.4 Å². The van der Waals surface area contributed by atoms with Crippen molar-refractivity contribution < 1.29 is 4.79 Å². The van der Waals surface area contributed by atoms with E-state index < -0.39 is 0 Å². The summed E-state index contributed by atoms with van der Waals surface area (Å²) >= 11 is 0. The lowest BCUT2D eigenvalue weighted by atomic mass is 9.76. The van der Waals surface area contributed by atoms with Gasteiger partial charge in [-0.1, -0.05) is 81.7 Å². The van der Waals surface area contributed by atoms with Gasteiger partial charge in [-0.05, 0) is 117 Å². The van der Waals surface area contributed by atoms with E-state index in [1.807, 2.05) is 0 Å². The molecule has 2 heteroatoms. The van der Waals surface area contributed by atoms with Gasteiger partial charge < -0.3 is 5.32 Å². The molecule has 2 aliphatic rings. The minimum absolute atomic E-state index is 0.639. The van der Waals surface area contributed by atoms with E-state index in [9.17, 15) is 0 Å². The minimum atomic E-state index is 0.639. The van der Waals surface area contributed by atoms with E-state index in [0.29, 0.717) is 6.29 Å². The van der Waals surface area contributed by atoms with Gasteiger partial charge in [0.15, 0.2) is 0 Å². The first kappa shape index (κ1) is 28.4. The molecule has 1 N–H and O–H groups in total. The summed E-state index contributed by atoms with van der Waals surface area (Å²) in [7, 11) is 2.10. The van der Waals surface area contributed by atoms with E-state index in [4.69, 9.17) is 4.79 Å². The Balaban J connectivity index is 0.000000840. The van der Waals surface area contributed by atoms with Gasteiger partial charge in [-0.2, -0.15) is 0 Å². The van der Waals surface area contributed by atoms with Gasteiger partial charge in [0.05, 0.1) is 0 Å². The third-order valence-corrected chi connectivity index (χ3v) is 8.71. The Labute approximate surface area is 221 Å². The number of carbonyl (C=O) groups excluding carboxylic acids is 1. The predicted octanol–water partition coefficient (Wildman–Crippen LogP) is 9.13. The van der Waals surface area contributed by atoms with Crippen molar-refractivity contribution in [2.24, 2.45) is 5.92 Å². The van der Waals surface area contributed by atoms with Crippen molar-refractivity contribution in [3.63, 3.8) is 0 Å². The summed E-state index contributed by atoms with van der Waals surface area (Å²) in [6, 6.07) is 17.6. The van der Waals surface area contributed by atoms with Crippen LogP contribution in [0.5, 0.6) is 0 Å². The average molecular weight is 488 g/mol. The lowest BCUT2D eigenvalue weighted by molar-refractivity contribution is -0.104. The molecule has 0 spiro atoms. The number of aryl methyl sites for hydroxylation is 1. The van der Waals surface area contributed by atoms with E-state index >= 15 is 0 Å². The van der Waals surface area contributed by atoms with Crippen LogP contribution in [0.15, 0.2) is 55.1 Å². The fourth-order valence-corrected chi connectivity index (χ4v) is 6.38. The Hall–Kier alpha value is -2.19. The summed E-state index contributed by atoms with van der Waals surface area (Å²) in [5, 5.41) is 3.45. The Kier molecular flexibility index (Phi) is 11.9. The van der Waals surface area contributed by atoms with Crippen molar-refractivity contribution in [2.45, 2.75) is 109 Å². The maximum Gasteiger partial charge on any atom is 0.142 e. The number of hydrogen-bond donors (Lipinski definition) is 1. The van der Waals surface area contributed by atoms with Crippen molar-refractivity contribution in [1.29, 1.82) is 0 Å². The molecule has 2 aromatic carbocycles. The molecule has 0 unspecified atom stereocenters. The summed E-state index contributed by atoms with van der Waals surface area (Å²) in [5.41, 5.74) is 7.34. The number of hydrogen-bond acceptors (Lipinski definition) is 2. The number of aldehydes is 1. The molecule has 2 nitrogen and oxygen atoms in total. The highest BCUT2D eigenvalue weighted by atomic mass is 16.1. The maximum absolute atomic E-state index is 9.06. The second kappa shape index (κ2) is 15.2. The van der Waals surface area contributed by atoms with Crippen molar-refractivity contribution in [2.75, 3.05) is 7.05 Å². The van der Waals surface area contributed by atoms with Crippen LogP contribution < -0.4 is 5.32 Å². The number of benzene rings is 2. The van der Waals surface area contributed by atoms with E-state index in [0.717, 1.165) is 23.8 Å². The zero-order valence-corrected chi connectivity index (χ0v) is 23.1. The lowest BCUT2D eigenvalue weighted by Crippen LogP contribution is -2.29. The number of allylic oxidation sites excluding steroid dienone is 1. The summed E-state index contributed by atoms with van der Waals surface area (Å²) in [6.07, 6.45) is 18.4. The Morgan fingerprint density at radius 3 is 2.00 bits per heavy atom. The van der Waals surface area contributed by atoms with Crippen LogP contribution >= 0.6 is 0 Å². The molecule has 0 aromatic heterocycles. The SMILES string of the molecule is C=CC=O.CCCCCC1CCC(c2ccc(-c3ccc(C4CCC(NC)CC4)cc3)c(C)c2)CC1. The van der Waals surface area contributed by atoms with Crippen LogP contribution in [0.25, 0.3) is 11.1 Å². The Bertz CT molecular complexity index is 909. The monoisotopic (exact) mass is 487 g/mol. The molecular formula is C34H49NO. The molecule has 4 rings (SSSR count). The number of unbranched alkanes of at least 4 members (excludes halogenated alkanes) is 2. The largest absolute Gasteiger partial charge is 0.317 e. The van der Waals surface area contributed by atoms with Gasteiger partial charge in [0.25, 0.3) is 0 Å². The van der Waals surface area contributed by atoms with Crippen LogP contribution in [0.1, 0.15) is 112 Å². The third-order valence-electron chi connectivity index (χ3n) is 8.71. The van der Waals surface area contributed by atoms with E-state index in [1.54, 1.807) is 5.56 Å². The second-order valence-corrected chi connectivity index (χ2v) is 11.1. The molecule has 0 amide bonds. The smallest absolute Gasteiger partial charge is 0.142 e. The van der Waals surface area contributed by atoms with Gasteiger partial charge in [0.2, 0.25) is 0 Å². The fourth-order valence-electron chi connectivity index (χ4n) is 6.38. The van der Waals surface area contributed by atoms with Crippen LogP contribution in [0.4, 0.5) is 0 Å². The predicted molar refractivity (Wildman–Crippen MR) is 156 cm³/mol. The molecule has 0 radical (unpaired) electrons. The molecule has 2 saturated carbocycles. The van der Waals surface area contributed by atoms with Gasteiger partial charge in [-0.3, -0.25) is 4.79 Å². The third kappa shape index (κ3) is 8.17. The Morgan fingerprint density at radius 1 is 0.861 bits per heavy atom. The van der Waals surface area contributed by atoms with Crippen LogP contribution in [0.2, 0.25) is 0 Å².